The summed E-state index contributed by atoms with van der Waals surface area (Å²) in [5, 5.41) is 9.82. The van der Waals surface area contributed by atoms with Crippen LogP contribution in [0.15, 0.2) is 0 Å². The Bertz CT molecular complexity index is 361. The minimum absolute atomic E-state index is 0.0642. The number of nitrogens with zero attached hydrogens (tertiary/aromatic N) is 2. The minimum Gasteiger partial charge on any atom is -0.390 e. The van der Waals surface area contributed by atoms with Crippen LogP contribution in [0.1, 0.15) is 12.8 Å². The van der Waals surface area contributed by atoms with Crippen LogP contribution in [0.25, 0.3) is 0 Å². The highest BCUT2D eigenvalue weighted by molar-refractivity contribution is 7.91. The molecule has 0 saturated carbocycles. The molecule has 0 aliphatic carbocycles. The van der Waals surface area contributed by atoms with Gasteiger partial charge in [-0.05, 0) is 26.9 Å². The molecule has 2 rings (SSSR count). The number of aliphatic hydroxyl groups excluding tert-OH is 1. The van der Waals surface area contributed by atoms with E-state index in [9.17, 15) is 13.5 Å². The molecule has 2 atom stereocenters. The number of hydrogen-bond donors (Lipinski definition) is 1. The molecule has 2 aliphatic heterocycles. The number of piperidine rings is 1. The number of hydrogen-bond acceptors (Lipinski definition) is 5. The minimum atomic E-state index is -3.03. The second kappa shape index (κ2) is 4.84. The summed E-state index contributed by atoms with van der Waals surface area (Å²) in [6, 6.07) is 0.407. The predicted octanol–water partition coefficient (Wildman–Crippen LogP) is -0.830. The largest absolute Gasteiger partial charge is 0.390 e. The molecule has 0 spiro atoms. The smallest absolute Gasteiger partial charge is 0.154 e. The first-order valence-corrected chi connectivity index (χ1v) is 8.00. The second-order valence-electron chi connectivity index (χ2n) is 5.44. The predicted molar refractivity (Wildman–Crippen MR) is 66.7 cm³/mol. The Labute approximate surface area is 103 Å². The zero-order valence-electron chi connectivity index (χ0n) is 10.5. The van der Waals surface area contributed by atoms with Gasteiger partial charge in [-0.2, -0.15) is 0 Å². The van der Waals surface area contributed by atoms with Crippen molar-refractivity contribution in [3.05, 3.63) is 0 Å². The van der Waals surface area contributed by atoms with Gasteiger partial charge in [0, 0.05) is 19.1 Å². The van der Waals surface area contributed by atoms with E-state index < -0.39 is 15.9 Å². The van der Waals surface area contributed by atoms with Crippen molar-refractivity contribution < 1.29 is 13.5 Å². The fraction of sp³-hybridized carbons (Fsp3) is 1.00. The molecule has 0 aromatic rings. The van der Waals surface area contributed by atoms with Gasteiger partial charge in [0.25, 0.3) is 0 Å². The molecule has 6 heteroatoms. The Morgan fingerprint density at radius 1 is 1.18 bits per heavy atom. The van der Waals surface area contributed by atoms with Crippen molar-refractivity contribution in [3.63, 3.8) is 0 Å². The average Bonchev–Trinajstić information content (AvgIpc) is 2.52. The maximum atomic E-state index is 11.5. The lowest BCUT2D eigenvalue weighted by atomic mass is 10.0. The van der Waals surface area contributed by atoms with Crippen molar-refractivity contribution >= 4 is 9.84 Å². The van der Waals surface area contributed by atoms with Gasteiger partial charge in [-0.1, -0.05) is 0 Å². The van der Waals surface area contributed by atoms with Crippen LogP contribution in [0.3, 0.4) is 0 Å². The van der Waals surface area contributed by atoms with E-state index in [1.165, 1.54) is 0 Å². The third kappa shape index (κ3) is 2.99. The summed E-state index contributed by atoms with van der Waals surface area (Å²) < 4.78 is 22.9. The monoisotopic (exact) mass is 262 g/mol. The van der Waals surface area contributed by atoms with Crippen LogP contribution in [0, 0.1) is 0 Å². The Hall–Kier alpha value is -0.170. The fourth-order valence-corrected chi connectivity index (χ4v) is 4.73. The summed E-state index contributed by atoms with van der Waals surface area (Å²) in [7, 11) is 1.13. The van der Waals surface area contributed by atoms with Gasteiger partial charge in [-0.15, -0.1) is 0 Å². The van der Waals surface area contributed by atoms with Crippen molar-refractivity contribution in [2.75, 3.05) is 38.7 Å². The lowest BCUT2D eigenvalue weighted by molar-refractivity contribution is 0.0514. The molecule has 0 aromatic heterocycles. The zero-order chi connectivity index (χ0) is 12.6. The third-order valence-corrected chi connectivity index (χ3v) is 5.69. The number of rotatable bonds is 2. The van der Waals surface area contributed by atoms with E-state index in [0.717, 1.165) is 25.9 Å². The molecule has 2 unspecified atom stereocenters. The highest BCUT2D eigenvalue weighted by Crippen LogP contribution is 2.23. The maximum absolute atomic E-state index is 11.5. The van der Waals surface area contributed by atoms with Crippen molar-refractivity contribution in [2.45, 2.75) is 31.0 Å². The summed E-state index contributed by atoms with van der Waals surface area (Å²) in [4.78, 5) is 4.37. The van der Waals surface area contributed by atoms with E-state index in [1.807, 2.05) is 0 Å². The topological polar surface area (TPSA) is 60.9 Å². The Morgan fingerprint density at radius 2 is 1.76 bits per heavy atom. The summed E-state index contributed by atoms with van der Waals surface area (Å²) in [6.45, 7) is 1.78. The molecule has 2 saturated heterocycles. The first kappa shape index (κ1) is 13.3. The first-order chi connectivity index (χ1) is 7.89. The number of likely N-dealkylation sites (tertiary alicyclic amines) is 1. The van der Waals surface area contributed by atoms with Gasteiger partial charge < -0.3 is 10.0 Å². The molecule has 0 bridgehead atoms. The van der Waals surface area contributed by atoms with E-state index in [1.54, 1.807) is 0 Å². The molecular formula is C11H22N2O3S. The number of sulfone groups is 1. The third-order valence-electron chi connectivity index (χ3n) is 3.99. The van der Waals surface area contributed by atoms with Gasteiger partial charge in [0.2, 0.25) is 0 Å². The van der Waals surface area contributed by atoms with Crippen molar-refractivity contribution in [3.8, 4) is 0 Å². The van der Waals surface area contributed by atoms with Gasteiger partial charge in [0.05, 0.1) is 23.7 Å². The highest BCUT2D eigenvalue weighted by atomic mass is 32.2. The van der Waals surface area contributed by atoms with Gasteiger partial charge in [-0.3, -0.25) is 4.90 Å². The van der Waals surface area contributed by atoms with Crippen LogP contribution >= 0.6 is 0 Å². The molecule has 100 valence electrons. The molecule has 0 radical (unpaired) electrons. The Morgan fingerprint density at radius 3 is 2.18 bits per heavy atom. The lowest BCUT2D eigenvalue weighted by Crippen LogP contribution is -2.50. The molecule has 5 nitrogen and oxygen atoms in total. The first-order valence-electron chi connectivity index (χ1n) is 6.18. The zero-order valence-corrected chi connectivity index (χ0v) is 11.4. The normalized spacial score (nSPS) is 35.5. The Balaban J connectivity index is 1.93. The summed E-state index contributed by atoms with van der Waals surface area (Å²) in [5.41, 5.74) is 0. The second-order valence-corrected chi connectivity index (χ2v) is 7.60. The van der Waals surface area contributed by atoms with E-state index >= 15 is 0 Å². The van der Waals surface area contributed by atoms with Gasteiger partial charge in [-0.25, -0.2) is 8.42 Å². The summed E-state index contributed by atoms with van der Waals surface area (Å²) in [6.07, 6.45) is 1.41. The molecule has 1 N–H and O–H groups in total. The maximum Gasteiger partial charge on any atom is 0.154 e. The molecule has 0 aromatic carbocycles. The molecular weight excluding hydrogens is 240 g/mol. The van der Waals surface area contributed by atoms with Crippen LogP contribution in [0.5, 0.6) is 0 Å². The van der Waals surface area contributed by atoms with Crippen LogP contribution < -0.4 is 0 Å². The van der Waals surface area contributed by atoms with Crippen LogP contribution in [-0.2, 0) is 9.84 Å². The van der Waals surface area contributed by atoms with Gasteiger partial charge in [0.15, 0.2) is 9.84 Å². The lowest BCUT2D eigenvalue weighted by Gasteiger charge is -2.38. The summed E-state index contributed by atoms with van der Waals surface area (Å²) in [5.74, 6) is 0.0616. The fourth-order valence-electron chi connectivity index (χ4n) is 2.89. The van der Waals surface area contributed by atoms with Crippen LogP contribution in [0.4, 0.5) is 0 Å². The SMILES string of the molecule is CN(C)C1CCN(C2CS(=O)(=O)CC2O)CC1. The van der Waals surface area contributed by atoms with Gasteiger partial charge in [0.1, 0.15) is 0 Å². The molecule has 17 heavy (non-hydrogen) atoms. The summed E-state index contributed by atoms with van der Waals surface area (Å²) >= 11 is 0. The van der Waals surface area contributed by atoms with E-state index in [2.05, 4.69) is 23.9 Å². The van der Waals surface area contributed by atoms with E-state index in [0.29, 0.717) is 6.04 Å². The van der Waals surface area contributed by atoms with E-state index in [-0.39, 0.29) is 17.5 Å². The molecule has 0 amide bonds. The molecule has 2 heterocycles. The Kier molecular flexibility index (Phi) is 3.77. The van der Waals surface area contributed by atoms with E-state index in [4.69, 9.17) is 0 Å². The molecule has 2 fully saturated rings. The molecule has 2 aliphatic rings. The van der Waals surface area contributed by atoms with Gasteiger partial charge >= 0.3 is 0 Å². The van der Waals surface area contributed by atoms with Crippen LogP contribution in [0.2, 0.25) is 0 Å². The van der Waals surface area contributed by atoms with Crippen molar-refractivity contribution in [1.29, 1.82) is 0 Å². The average molecular weight is 262 g/mol. The standard InChI is InChI=1S/C11H22N2O3S/c1-12(2)9-3-5-13(6-4-9)10-7-17(15,16)8-11(10)14/h9-11,14H,3-8H2,1-2H3. The van der Waals surface area contributed by atoms with Crippen molar-refractivity contribution in [2.24, 2.45) is 0 Å². The van der Waals surface area contributed by atoms with Crippen molar-refractivity contribution in [1.82, 2.24) is 9.80 Å². The highest BCUT2D eigenvalue weighted by Gasteiger charge is 2.40. The number of aliphatic hydroxyl groups is 1. The van der Waals surface area contributed by atoms with Crippen LogP contribution in [-0.4, -0.2) is 80.2 Å². The quantitative estimate of drug-likeness (QED) is 0.704.